The van der Waals surface area contributed by atoms with E-state index in [2.05, 4.69) is 15.5 Å². The number of carbonyl (C=O) groups is 1. The lowest BCUT2D eigenvalue weighted by molar-refractivity contribution is 0.0788. The molecule has 0 atom stereocenters. The van der Waals surface area contributed by atoms with Crippen molar-refractivity contribution >= 4 is 17.5 Å². The number of amides is 1. The van der Waals surface area contributed by atoms with Gasteiger partial charge in [0.2, 0.25) is 0 Å². The average molecular weight is 386 g/mol. The molecule has 140 valence electrons. The Bertz CT molecular complexity index is 897. The van der Waals surface area contributed by atoms with Crippen molar-refractivity contribution in [2.45, 2.75) is 13.3 Å². The van der Waals surface area contributed by atoms with E-state index in [1.165, 1.54) is 6.33 Å². The monoisotopic (exact) mass is 385 g/mol. The first-order valence-corrected chi connectivity index (χ1v) is 8.90. The number of rotatable bonds is 7. The molecule has 0 saturated carbocycles. The first-order valence-electron chi connectivity index (χ1n) is 8.52. The van der Waals surface area contributed by atoms with E-state index in [-0.39, 0.29) is 5.91 Å². The van der Waals surface area contributed by atoms with E-state index < -0.39 is 0 Å². The van der Waals surface area contributed by atoms with Gasteiger partial charge in [0.1, 0.15) is 12.1 Å². The van der Waals surface area contributed by atoms with Crippen LogP contribution in [0.15, 0.2) is 48.8 Å². The highest BCUT2D eigenvalue weighted by atomic mass is 35.5. The Morgan fingerprint density at radius 2 is 2.00 bits per heavy atom. The number of hydrogen-bond acceptors (Lipinski definition) is 5. The summed E-state index contributed by atoms with van der Waals surface area (Å²) in [5.41, 5.74) is 2.40. The van der Waals surface area contributed by atoms with Gasteiger partial charge in [-0.25, -0.2) is 4.68 Å². The highest BCUT2D eigenvalue weighted by Crippen LogP contribution is 2.17. The van der Waals surface area contributed by atoms with E-state index in [0.29, 0.717) is 23.7 Å². The Kier molecular flexibility index (Phi) is 6.03. The van der Waals surface area contributed by atoms with Crippen LogP contribution in [0.5, 0.6) is 5.75 Å². The van der Waals surface area contributed by atoms with Crippen molar-refractivity contribution in [1.29, 1.82) is 0 Å². The second-order valence-corrected chi connectivity index (χ2v) is 6.57. The van der Waals surface area contributed by atoms with Gasteiger partial charge in [-0.05, 0) is 71.8 Å². The normalized spacial score (nSPS) is 10.6. The molecule has 0 saturated heterocycles. The van der Waals surface area contributed by atoms with Crippen LogP contribution in [0.3, 0.4) is 0 Å². The van der Waals surface area contributed by atoms with E-state index in [9.17, 15) is 4.79 Å². The van der Waals surface area contributed by atoms with Crippen molar-refractivity contribution in [3.8, 4) is 11.4 Å². The van der Waals surface area contributed by atoms with Gasteiger partial charge < -0.3 is 9.64 Å². The molecule has 1 aromatic heterocycles. The molecule has 1 heterocycles. The zero-order chi connectivity index (χ0) is 19.2. The van der Waals surface area contributed by atoms with Crippen LogP contribution in [0.25, 0.3) is 5.69 Å². The molecular weight excluding hydrogens is 366 g/mol. The van der Waals surface area contributed by atoms with Gasteiger partial charge in [-0.3, -0.25) is 4.79 Å². The molecule has 3 rings (SSSR count). The maximum Gasteiger partial charge on any atom is 0.253 e. The number of nitrogens with zero attached hydrogens (tertiary/aromatic N) is 5. The van der Waals surface area contributed by atoms with E-state index in [1.54, 1.807) is 34.8 Å². The van der Waals surface area contributed by atoms with Gasteiger partial charge in [-0.2, -0.15) is 0 Å². The van der Waals surface area contributed by atoms with Crippen LogP contribution in [0.2, 0.25) is 5.02 Å². The molecule has 0 radical (unpaired) electrons. The van der Waals surface area contributed by atoms with Crippen LogP contribution < -0.4 is 4.74 Å². The number of aryl methyl sites for hydroxylation is 1. The van der Waals surface area contributed by atoms with Gasteiger partial charge in [0.05, 0.1) is 12.3 Å². The minimum Gasteiger partial charge on any atom is -0.494 e. The Labute approximate surface area is 162 Å². The number of ether oxygens (including phenoxy) is 1. The number of benzene rings is 2. The summed E-state index contributed by atoms with van der Waals surface area (Å²) in [6, 6.07) is 12.7. The molecule has 1 amide bonds. The van der Waals surface area contributed by atoms with E-state index in [4.69, 9.17) is 16.3 Å². The van der Waals surface area contributed by atoms with Crippen molar-refractivity contribution < 1.29 is 9.53 Å². The second kappa shape index (κ2) is 8.64. The molecule has 0 unspecified atom stereocenters. The van der Waals surface area contributed by atoms with Crippen LogP contribution in [-0.4, -0.2) is 51.2 Å². The van der Waals surface area contributed by atoms with E-state index in [0.717, 1.165) is 23.4 Å². The Hall–Kier alpha value is -2.93. The Balaban J connectivity index is 1.52. The summed E-state index contributed by atoms with van der Waals surface area (Å²) in [4.78, 5) is 14.3. The third kappa shape index (κ3) is 4.83. The summed E-state index contributed by atoms with van der Waals surface area (Å²) < 4.78 is 7.23. The average Bonchev–Trinajstić information content (AvgIpc) is 3.20. The molecule has 0 aliphatic heterocycles. The topological polar surface area (TPSA) is 73.1 Å². The molecular formula is C19H20ClN5O2. The van der Waals surface area contributed by atoms with Gasteiger partial charge in [-0.1, -0.05) is 11.6 Å². The standard InChI is InChI=1S/C19H20ClN5O2/c1-14-12-15(4-9-18(14)25-13-21-22-23-25)19(26)24(2)10-3-11-27-17-7-5-16(20)6-8-17/h4-9,12-13H,3,10-11H2,1-2H3. The number of halogens is 1. The molecule has 2 aromatic carbocycles. The van der Waals surface area contributed by atoms with Crippen molar-refractivity contribution in [2.75, 3.05) is 20.2 Å². The molecule has 7 nitrogen and oxygen atoms in total. The highest BCUT2D eigenvalue weighted by Gasteiger charge is 2.13. The molecule has 0 aliphatic rings. The summed E-state index contributed by atoms with van der Waals surface area (Å²) in [5, 5.41) is 11.8. The van der Waals surface area contributed by atoms with Gasteiger partial charge in [-0.15, -0.1) is 5.10 Å². The quantitative estimate of drug-likeness (QED) is 0.584. The third-order valence-electron chi connectivity index (χ3n) is 4.11. The van der Waals surface area contributed by atoms with Crippen molar-refractivity contribution in [1.82, 2.24) is 25.1 Å². The molecule has 8 heteroatoms. The van der Waals surface area contributed by atoms with Crippen molar-refractivity contribution in [2.24, 2.45) is 0 Å². The van der Waals surface area contributed by atoms with Crippen LogP contribution in [-0.2, 0) is 0 Å². The van der Waals surface area contributed by atoms with Gasteiger partial charge in [0.25, 0.3) is 5.91 Å². The number of hydrogen-bond donors (Lipinski definition) is 0. The maximum absolute atomic E-state index is 12.6. The van der Waals surface area contributed by atoms with Gasteiger partial charge in [0.15, 0.2) is 0 Å². The summed E-state index contributed by atoms with van der Waals surface area (Å²) in [7, 11) is 1.79. The first-order chi connectivity index (χ1) is 13.0. The fourth-order valence-corrected chi connectivity index (χ4v) is 2.79. The lowest BCUT2D eigenvalue weighted by Gasteiger charge is -2.18. The fourth-order valence-electron chi connectivity index (χ4n) is 2.66. The molecule has 0 fully saturated rings. The largest absolute Gasteiger partial charge is 0.494 e. The lowest BCUT2D eigenvalue weighted by Crippen LogP contribution is -2.28. The van der Waals surface area contributed by atoms with Gasteiger partial charge >= 0.3 is 0 Å². The minimum absolute atomic E-state index is 0.0344. The predicted molar refractivity (Wildman–Crippen MR) is 102 cm³/mol. The molecule has 0 spiro atoms. The molecule has 0 aliphatic carbocycles. The zero-order valence-corrected chi connectivity index (χ0v) is 15.9. The fraction of sp³-hybridized carbons (Fsp3) is 0.263. The van der Waals surface area contributed by atoms with Crippen LogP contribution in [0.4, 0.5) is 0 Å². The summed E-state index contributed by atoms with van der Waals surface area (Å²) in [6.07, 6.45) is 2.25. The second-order valence-electron chi connectivity index (χ2n) is 6.14. The summed E-state index contributed by atoms with van der Waals surface area (Å²) in [6.45, 7) is 3.05. The summed E-state index contributed by atoms with van der Waals surface area (Å²) in [5.74, 6) is 0.732. The molecule has 3 aromatic rings. The predicted octanol–water partition coefficient (Wildman–Crippen LogP) is 3.17. The zero-order valence-electron chi connectivity index (χ0n) is 15.2. The minimum atomic E-state index is -0.0344. The Morgan fingerprint density at radius 3 is 2.67 bits per heavy atom. The van der Waals surface area contributed by atoms with E-state index >= 15 is 0 Å². The highest BCUT2D eigenvalue weighted by molar-refractivity contribution is 6.30. The lowest BCUT2D eigenvalue weighted by atomic mass is 10.1. The van der Waals surface area contributed by atoms with Crippen LogP contribution in [0, 0.1) is 6.92 Å². The number of carbonyl (C=O) groups excluding carboxylic acids is 1. The Morgan fingerprint density at radius 1 is 1.22 bits per heavy atom. The number of aromatic nitrogens is 4. The molecule has 0 bridgehead atoms. The SMILES string of the molecule is Cc1cc(C(=O)N(C)CCCOc2ccc(Cl)cc2)ccc1-n1cnnn1. The van der Waals surface area contributed by atoms with Crippen molar-refractivity contribution in [3.63, 3.8) is 0 Å². The smallest absolute Gasteiger partial charge is 0.253 e. The summed E-state index contributed by atoms with van der Waals surface area (Å²) >= 11 is 5.85. The van der Waals surface area contributed by atoms with Gasteiger partial charge in [0, 0.05) is 24.2 Å². The number of tetrazole rings is 1. The van der Waals surface area contributed by atoms with E-state index in [1.807, 2.05) is 31.2 Å². The third-order valence-corrected chi connectivity index (χ3v) is 4.36. The maximum atomic E-state index is 12.6. The van der Waals surface area contributed by atoms with Crippen LogP contribution in [0.1, 0.15) is 22.3 Å². The van der Waals surface area contributed by atoms with Crippen molar-refractivity contribution in [3.05, 3.63) is 64.9 Å². The molecule has 0 N–H and O–H groups in total. The molecule has 27 heavy (non-hydrogen) atoms. The van der Waals surface area contributed by atoms with Crippen LogP contribution >= 0.6 is 11.6 Å². The first kappa shape index (κ1) is 18.8.